The number of nitrogens with zero attached hydrogens (tertiary/aromatic N) is 2. The van der Waals surface area contributed by atoms with E-state index in [4.69, 9.17) is 9.47 Å². The molecule has 0 saturated heterocycles. The molecule has 0 unspecified atom stereocenters. The Kier molecular flexibility index (Phi) is 15.6. The Morgan fingerprint density at radius 2 is 0.750 bits per heavy atom. The molecule has 5 aromatic carbocycles. The minimum Gasteiger partial charge on any atom is -0.457 e. The number of nitrogens with one attached hydrogen (secondary N) is 2. The molecule has 0 fully saturated rings. The number of ether oxygens (including phenoxy) is 2. The second-order valence-corrected chi connectivity index (χ2v) is 12.3. The van der Waals surface area contributed by atoms with Crippen LogP contribution in [0.4, 0.5) is 11.4 Å². The molecular weight excluding hydrogens is 703 g/mol. The van der Waals surface area contributed by atoms with E-state index in [1.807, 2.05) is 48.5 Å². The lowest BCUT2D eigenvalue weighted by Gasteiger charge is -2.21. The van der Waals surface area contributed by atoms with Gasteiger partial charge in [-0.15, -0.1) is 24.8 Å². The number of benzene rings is 5. The van der Waals surface area contributed by atoms with Crippen LogP contribution in [0.25, 0.3) is 0 Å². The Morgan fingerprint density at radius 1 is 0.481 bits per heavy atom. The van der Waals surface area contributed by atoms with Gasteiger partial charge in [-0.25, -0.2) is 0 Å². The molecule has 0 bridgehead atoms. The van der Waals surface area contributed by atoms with Crippen LogP contribution in [0.15, 0.2) is 97.1 Å². The van der Waals surface area contributed by atoms with Crippen LogP contribution in [0.2, 0.25) is 0 Å². The third kappa shape index (κ3) is 11.0. The first kappa shape index (κ1) is 41.4. The summed E-state index contributed by atoms with van der Waals surface area (Å²) >= 11 is 0. The number of hydrogen-bond acceptors (Lipinski definition) is 8. The van der Waals surface area contributed by atoms with Crippen molar-refractivity contribution in [3.05, 3.63) is 162 Å². The third-order valence-electron chi connectivity index (χ3n) is 9.11. The third-order valence-corrected chi connectivity index (χ3v) is 9.11. The van der Waals surface area contributed by atoms with Crippen LogP contribution >= 0.6 is 24.8 Å². The molecule has 0 atom stereocenters. The largest absolute Gasteiger partial charge is 0.457 e. The van der Waals surface area contributed by atoms with Gasteiger partial charge in [0.1, 0.15) is 23.0 Å². The van der Waals surface area contributed by atoms with Crippen molar-refractivity contribution in [2.75, 3.05) is 13.1 Å². The normalized spacial score (nSPS) is 10.5. The highest BCUT2D eigenvalue weighted by molar-refractivity contribution is 5.85. The summed E-state index contributed by atoms with van der Waals surface area (Å²) in [6.07, 6.45) is 1.90. The fraction of sp³-hybridized carbons (Fsp3) is 0.250. The first-order valence-electron chi connectivity index (χ1n) is 16.6. The summed E-state index contributed by atoms with van der Waals surface area (Å²) in [5, 5.41) is 28.9. The Hall–Kier alpha value is -5.00. The predicted octanol–water partition coefficient (Wildman–Crippen LogP) is 9.83. The number of hydrogen-bond donors (Lipinski definition) is 2. The van der Waals surface area contributed by atoms with E-state index < -0.39 is 9.85 Å². The zero-order valence-corrected chi connectivity index (χ0v) is 31.3. The molecule has 0 aromatic heterocycles. The fourth-order valence-corrected chi connectivity index (χ4v) is 6.00. The van der Waals surface area contributed by atoms with Gasteiger partial charge in [0.05, 0.1) is 9.85 Å². The molecule has 0 saturated carbocycles. The van der Waals surface area contributed by atoms with Crippen molar-refractivity contribution < 1.29 is 19.3 Å². The number of halogens is 2. The Labute approximate surface area is 316 Å². The van der Waals surface area contributed by atoms with Gasteiger partial charge in [-0.2, -0.15) is 0 Å². The van der Waals surface area contributed by atoms with Crippen molar-refractivity contribution in [3.63, 3.8) is 0 Å². The van der Waals surface area contributed by atoms with Crippen LogP contribution in [-0.4, -0.2) is 22.9 Å². The summed E-state index contributed by atoms with van der Waals surface area (Å²) in [5.74, 6) is 2.46. The van der Waals surface area contributed by atoms with E-state index in [1.165, 1.54) is 57.6 Å². The van der Waals surface area contributed by atoms with Crippen molar-refractivity contribution >= 4 is 36.2 Å². The molecule has 274 valence electrons. The van der Waals surface area contributed by atoms with E-state index in [0.717, 1.165) is 50.1 Å². The molecule has 12 heteroatoms. The maximum absolute atomic E-state index is 10.9. The van der Waals surface area contributed by atoms with Crippen molar-refractivity contribution in [2.45, 2.75) is 53.6 Å². The molecule has 5 aromatic rings. The van der Waals surface area contributed by atoms with Crippen LogP contribution in [0.3, 0.4) is 0 Å². The molecule has 0 aliphatic carbocycles. The SMILES string of the molecule is Cc1c(C)c(CCNCc2ccc(Oc3ccc([N+](=O)[O-])cc3)cc2)c(C)c(C)c1CCNCc1ccc(Oc2ccc([N+](=O)[O-])cc2)cc1.Cl.Cl. The average molecular weight is 748 g/mol. The van der Waals surface area contributed by atoms with E-state index in [2.05, 4.69) is 38.3 Å². The lowest BCUT2D eigenvalue weighted by atomic mass is 9.86. The van der Waals surface area contributed by atoms with Crippen LogP contribution in [0.5, 0.6) is 23.0 Å². The van der Waals surface area contributed by atoms with Gasteiger partial charge in [0.2, 0.25) is 0 Å². The lowest BCUT2D eigenvalue weighted by Crippen LogP contribution is -2.20. The van der Waals surface area contributed by atoms with Crippen LogP contribution < -0.4 is 20.1 Å². The van der Waals surface area contributed by atoms with Gasteiger partial charge in [-0.3, -0.25) is 20.2 Å². The van der Waals surface area contributed by atoms with E-state index in [-0.39, 0.29) is 36.2 Å². The van der Waals surface area contributed by atoms with Gasteiger partial charge in [-0.1, -0.05) is 24.3 Å². The van der Waals surface area contributed by atoms with Crippen molar-refractivity contribution in [3.8, 4) is 23.0 Å². The fourth-order valence-electron chi connectivity index (χ4n) is 6.00. The molecule has 5 rings (SSSR count). The van der Waals surface area contributed by atoms with Crippen LogP contribution in [-0.2, 0) is 25.9 Å². The second kappa shape index (κ2) is 19.6. The quantitative estimate of drug-likeness (QED) is 0.0580. The number of nitro benzene ring substituents is 2. The second-order valence-electron chi connectivity index (χ2n) is 12.3. The molecular formula is C40H44Cl2N4O6. The summed E-state index contributed by atoms with van der Waals surface area (Å²) in [7, 11) is 0. The number of nitro groups is 2. The van der Waals surface area contributed by atoms with Gasteiger partial charge in [0.25, 0.3) is 11.4 Å². The molecule has 2 N–H and O–H groups in total. The first-order valence-corrected chi connectivity index (χ1v) is 16.6. The molecule has 52 heavy (non-hydrogen) atoms. The topological polar surface area (TPSA) is 129 Å². The van der Waals surface area contributed by atoms with Crippen molar-refractivity contribution in [1.29, 1.82) is 0 Å². The van der Waals surface area contributed by atoms with Gasteiger partial charge in [-0.05, 0) is 147 Å². The Bertz CT molecular complexity index is 1770. The highest BCUT2D eigenvalue weighted by Crippen LogP contribution is 2.28. The van der Waals surface area contributed by atoms with Crippen LogP contribution in [0.1, 0.15) is 44.5 Å². The smallest absolute Gasteiger partial charge is 0.269 e. The zero-order valence-electron chi connectivity index (χ0n) is 29.6. The standard InChI is InChI=1S/C40H42N4O6.2ClH/c1-27-28(2)40(22-24-42-26-32-7-15-36(16-8-32)50-38-19-11-34(12-20-38)44(47)48)30(4)29(3)39(27)21-23-41-25-31-5-13-35(14-6-31)49-37-17-9-33(10-18-37)43(45)46;;/h5-20,41-42H,21-26H2,1-4H3;2*1H. The average Bonchev–Trinajstić information content (AvgIpc) is 3.12. The van der Waals surface area contributed by atoms with E-state index >= 15 is 0 Å². The van der Waals surface area contributed by atoms with E-state index in [9.17, 15) is 20.2 Å². The van der Waals surface area contributed by atoms with Gasteiger partial charge in [0.15, 0.2) is 0 Å². The summed E-state index contributed by atoms with van der Waals surface area (Å²) < 4.78 is 11.6. The van der Waals surface area contributed by atoms with Crippen molar-refractivity contribution in [1.82, 2.24) is 10.6 Å². The molecule has 0 heterocycles. The molecule has 10 nitrogen and oxygen atoms in total. The molecule has 0 amide bonds. The molecule has 0 aliphatic rings. The van der Waals surface area contributed by atoms with Gasteiger partial charge < -0.3 is 20.1 Å². The predicted molar refractivity (Wildman–Crippen MR) is 210 cm³/mol. The first-order chi connectivity index (χ1) is 24.1. The highest BCUT2D eigenvalue weighted by Gasteiger charge is 2.15. The van der Waals surface area contributed by atoms with E-state index in [1.54, 1.807) is 24.3 Å². The molecule has 0 aliphatic heterocycles. The monoisotopic (exact) mass is 746 g/mol. The maximum atomic E-state index is 10.9. The summed E-state index contributed by atoms with van der Waals surface area (Å²) in [6, 6.07) is 27.8. The van der Waals surface area contributed by atoms with Gasteiger partial charge in [0, 0.05) is 37.4 Å². The Balaban J connectivity index is 0.00000364. The molecule has 0 spiro atoms. The summed E-state index contributed by atoms with van der Waals surface area (Å²) in [5.41, 5.74) is 10.6. The highest BCUT2D eigenvalue weighted by atomic mass is 35.5. The Morgan fingerprint density at radius 3 is 1.02 bits per heavy atom. The van der Waals surface area contributed by atoms with E-state index in [0.29, 0.717) is 23.0 Å². The number of rotatable bonds is 16. The minimum atomic E-state index is -0.428. The van der Waals surface area contributed by atoms with Crippen molar-refractivity contribution in [2.24, 2.45) is 0 Å². The molecule has 0 radical (unpaired) electrons. The lowest BCUT2D eigenvalue weighted by molar-refractivity contribution is -0.385. The zero-order chi connectivity index (χ0) is 35.6. The van der Waals surface area contributed by atoms with Gasteiger partial charge >= 0.3 is 0 Å². The minimum absolute atomic E-state index is 0. The maximum Gasteiger partial charge on any atom is 0.269 e. The summed E-state index contributed by atoms with van der Waals surface area (Å²) in [6.45, 7) is 12.1. The number of non-ortho nitro benzene ring substituents is 2. The summed E-state index contributed by atoms with van der Waals surface area (Å²) in [4.78, 5) is 20.9. The van der Waals surface area contributed by atoms with Crippen LogP contribution in [0, 0.1) is 47.9 Å².